The first-order chi connectivity index (χ1) is 15.6. The Balaban J connectivity index is 1.61. The quantitative estimate of drug-likeness (QED) is 0.487. The van der Waals surface area contributed by atoms with Gasteiger partial charge in [-0.1, -0.05) is 56.2 Å². The second kappa shape index (κ2) is 8.85. The van der Waals surface area contributed by atoms with Crippen LogP contribution in [0, 0.1) is 6.92 Å². The number of benzene rings is 1. The molecule has 0 atom stereocenters. The number of nitrogens with zero attached hydrogens (tertiary/aromatic N) is 4. The Hall–Kier alpha value is -2.41. The molecule has 170 valence electrons. The molecule has 2 heterocycles. The van der Waals surface area contributed by atoms with E-state index in [1.807, 2.05) is 25.3 Å². The third-order valence-corrected chi connectivity index (χ3v) is 8.85. The van der Waals surface area contributed by atoms with Gasteiger partial charge >= 0.3 is 0 Å². The van der Waals surface area contributed by atoms with E-state index in [-0.39, 0.29) is 4.90 Å². The Bertz CT molecular complexity index is 1170. The summed E-state index contributed by atoms with van der Waals surface area (Å²) in [4.78, 5) is 9.59. The predicted octanol–water partition coefficient (Wildman–Crippen LogP) is 5.84. The molecule has 3 aromatic rings. The Morgan fingerprint density at radius 1 is 0.844 bits per heavy atom. The molecule has 0 unspecified atom stereocenters. The molecule has 2 fully saturated rings. The molecule has 2 aliphatic rings. The van der Waals surface area contributed by atoms with Crippen LogP contribution in [0.4, 0.5) is 0 Å². The summed E-state index contributed by atoms with van der Waals surface area (Å²) in [5.41, 5.74) is 2.30. The number of rotatable bonds is 5. The second-order valence-electron chi connectivity index (χ2n) is 9.37. The molecule has 7 heteroatoms. The molecule has 0 radical (unpaired) electrons. The molecule has 0 amide bonds. The van der Waals surface area contributed by atoms with Crippen LogP contribution in [0.3, 0.4) is 0 Å². The van der Waals surface area contributed by atoms with Crippen molar-refractivity contribution in [3.05, 3.63) is 54.1 Å². The Morgan fingerprint density at radius 2 is 1.50 bits per heavy atom. The number of aromatic nitrogens is 4. The van der Waals surface area contributed by atoms with E-state index in [2.05, 4.69) is 9.55 Å². The van der Waals surface area contributed by atoms with Gasteiger partial charge in [-0.2, -0.15) is 0 Å². The minimum Gasteiger partial charge on any atom is -0.322 e. The van der Waals surface area contributed by atoms with E-state index < -0.39 is 10.0 Å². The highest BCUT2D eigenvalue weighted by molar-refractivity contribution is 7.90. The van der Waals surface area contributed by atoms with Crippen molar-refractivity contribution in [1.82, 2.24) is 18.5 Å². The van der Waals surface area contributed by atoms with Gasteiger partial charge in [-0.05, 0) is 44.7 Å². The Kier molecular flexibility index (Phi) is 5.93. The van der Waals surface area contributed by atoms with Crippen molar-refractivity contribution < 1.29 is 8.42 Å². The highest BCUT2D eigenvalue weighted by Gasteiger charge is 2.30. The first-order valence-corrected chi connectivity index (χ1v) is 13.4. The molecule has 0 aliphatic heterocycles. The molecule has 5 rings (SSSR count). The van der Waals surface area contributed by atoms with Crippen molar-refractivity contribution in [3.63, 3.8) is 0 Å². The topological polar surface area (TPSA) is 69.8 Å². The number of hydrogen-bond acceptors (Lipinski definition) is 4. The van der Waals surface area contributed by atoms with Crippen LogP contribution < -0.4 is 0 Å². The minimum absolute atomic E-state index is 0.269. The average Bonchev–Trinajstić information content (AvgIpc) is 3.48. The van der Waals surface area contributed by atoms with E-state index in [1.54, 1.807) is 24.5 Å². The summed E-state index contributed by atoms with van der Waals surface area (Å²) < 4.78 is 30.6. The fraction of sp³-hybridized carbons (Fsp3) is 0.520. The second-order valence-corrected chi connectivity index (χ2v) is 11.2. The van der Waals surface area contributed by atoms with E-state index in [9.17, 15) is 8.42 Å². The fourth-order valence-electron chi connectivity index (χ4n) is 5.43. The zero-order chi connectivity index (χ0) is 22.1. The lowest BCUT2D eigenvalue weighted by Crippen LogP contribution is -2.21. The van der Waals surface area contributed by atoms with Gasteiger partial charge in [-0.25, -0.2) is 22.4 Å². The minimum atomic E-state index is -3.75. The molecule has 0 N–H and O–H groups in total. The summed E-state index contributed by atoms with van der Waals surface area (Å²) in [6.07, 6.45) is 17.2. The highest BCUT2D eigenvalue weighted by Crippen LogP contribution is 2.40. The highest BCUT2D eigenvalue weighted by atomic mass is 32.2. The van der Waals surface area contributed by atoms with Gasteiger partial charge in [0.1, 0.15) is 0 Å². The Morgan fingerprint density at radius 3 is 2.19 bits per heavy atom. The van der Waals surface area contributed by atoms with E-state index in [0.29, 0.717) is 23.6 Å². The molecule has 2 aromatic heterocycles. The van der Waals surface area contributed by atoms with Crippen LogP contribution in [0.5, 0.6) is 0 Å². The van der Waals surface area contributed by atoms with E-state index in [1.165, 1.54) is 61.0 Å². The van der Waals surface area contributed by atoms with Crippen LogP contribution in [-0.2, 0) is 10.0 Å². The number of imidazole rings is 2. The summed E-state index contributed by atoms with van der Waals surface area (Å²) in [5.74, 6) is 1.61. The maximum absolute atomic E-state index is 13.5. The van der Waals surface area contributed by atoms with E-state index >= 15 is 0 Å². The molecular weight excluding hydrogens is 420 g/mol. The summed E-state index contributed by atoms with van der Waals surface area (Å²) in [5, 5.41) is 0. The Labute approximate surface area is 190 Å². The smallest absolute Gasteiger partial charge is 0.269 e. The van der Waals surface area contributed by atoms with Crippen molar-refractivity contribution in [2.45, 2.75) is 88.0 Å². The first-order valence-electron chi connectivity index (χ1n) is 12.0. The van der Waals surface area contributed by atoms with Crippen LogP contribution in [-0.4, -0.2) is 26.9 Å². The molecule has 2 saturated carbocycles. The van der Waals surface area contributed by atoms with Gasteiger partial charge < -0.3 is 4.57 Å². The van der Waals surface area contributed by atoms with Crippen LogP contribution >= 0.6 is 0 Å². The van der Waals surface area contributed by atoms with Gasteiger partial charge in [-0.3, -0.25) is 0 Å². The molecule has 6 nitrogen and oxygen atoms in total. The standard InChI is InChI=1S/C25H32N4O2S/c1-19-12-14-22(15-13-19)32(30,31)28-17-16-26-24(28)25-27-18-23(20-8-4-2-5-9-20)29(25)21-10-6-3-7-11-21/h12-18,20-21H,2-11H2,1H3. The zero-order valence-corrected chi connectivity index (χ0v) is 19.6. The van der Waals surface area contributed by atoms with Gasteiger partial charge in [0.2, 0.25) is 0 Å². The molecule has 0 spiro atoms. The third kappa shape index (κ3) is 3.91. The monoisotopic (exact) mass is 452 g/mol. The maximum atomic E-state index is 13.5. The van der Waals surface area contributed by atoms with Gasteiger partial charge in [-0.15, -0.1) is 0 Å². The molecule has 2 aliphatic carbocycles. The lowest BCUT2D eigenvalue weighted by Gasteiger charge is -2.30. The lowest BCUT2D eigenvalue weighted by atomic mass is 9.86. The largest absolute Gasteiger partial charge is 0.322 e. The van der Waals surface area contributed by atoms with Crippen molar-refractivity contribution in [3.8, 4) is 11.6 Å². The molecule has 32 heavy (non-hydrogen) atoms. The first kappa shape index (κ1) is 21.4. The van der Waals surface area contributed by atoms with E-state index in [0.717, 1.165) is 18.4 Å². The summed E-state index contributed by atoms with van der Waals surface area (Å²) in [7, 11) is -3.75. The summed E-state index contributed by atoms with van der Waals surface area (Å²) >= 11 is 0. The van der Waals surface area contributed by atoms with Gasteiger partial charge in [0.05, 0.1) is 4.90 Å². The van der Waals surface area contributed by atoms with Gasteiger partial charge in [0.25, 0.3) is 10.0 Å². The molecule has 0 saturated heterocycles. The maximum Gasteiger partial charge on any atom is 0.269 e. The number of aryl methyl sites for hydroxylation is 1. The van der Waals surface area contributed by atoms with Gasteiger partial charge in [0.15, 0.2) is 11.6 Å². The predicted molar refractivity (Wildman–Crippen MR) is 125 cm³/mol. The van der Waals surface area contributed by atoms with Crippen LogP contribution in [0.15, 0.2) is 47.8 Å². The molecule has 1 aromatic carbocycles. The van der Waals surface area contributed by atoms with Crippen molar-refractivity contribution in [1.29, 1.82) is 0 Å². The van der Waals surface area contributed by atoms with Crippen molar-refractivity contribution in [2.24, 2.45) is 0 Å². The average molecular weight is 453 g/mol. The third-order valence-electron chi connectivity index (χ3n) is 7.17. The summed E-state index contributed by atoms with van der Waals surface area (Å²) in [6.45, 7) is 1.95. The zero-order valence-electron chi connectivity index (χ0n) is 18.8. The van der Waals surface area contributed by atoms with Crippen LogP contribution in [0.1, 0.15) is 87.4 Å². The fourth-order valence-corrected chi connectivity index (χ4v) is 6.71. The van der Waals surface area contributed by atoms with Crippen LogP contribution in [0.25, 0.3) is 11.6 Å². The van der Waals surface area contributed by atoms with Gasteiger partial charge in [0, 0.05) is 36.2 Å². The molecule has 0 bridgehead atoms. The SMILES string of the molecule is Cc1ccc(S(=O)(=O)n2ccnc2-c2ncc(C3CCCCC3)n2C2CCCCC2)cc1. The van der Waals surface area contributed by atoms with Crippen molar-refractivity contribution >= 4 is 10.0 Å². The number of hydrogen-bond donors (Lipinski definition) is 0. The van der Waals surface area contributed by atoms with Crippen molar-refractivity contribution in [2.75, 3.05) is 0 Å². The van der Waals surface area contributed by atoms with E-state index in [4.69, 9.17) is 4.98 Å². The summed E-state index contributed by atoms with van der Waals surface area (Å²) in [6, 6.07) is 7.34. The normalized spacial score (nSPS) is 18.8. The van der Waals surface area contributed by atoms with Crippen LogP contribution in [0.2, 0.25) is 0 Å². The molecular formula is C25H32N4O2S. The lowest BCUT2D eigenvalue weighted by molar-refractivity contribution is 0.333.